The number of rotatable bonds is 4. The summed E-state index contributed by atoms with van der Waals surface area (Å²) in [7, 11) is 2.14. The molecule has 5 rings (SSSR count). The second kappa shape index (κ2) is 11.2. The van der Waals surface area contributed by atoms with Gasteiger partial charge in [0.05, 0.1) is 23.1 Å². The van der Waals surface area contributed by atoms with Crippen molar-refractivity contribution >= 4 is 39.8 Å². The number of hydrogen-bond donors (Lipinski definition) is 2. The van der Waals surface area contributed by atoms with Crippen molar-refractivity contribution in [3.05, 3.63) is 93.9 Å². The largest absolute Gasteiger partial charge is 0.383 e. The summed E-state index contributed by atoms with van der Waals surface area (Å²) in [6.07, 6.45) is 3.41. The van der Waals surface area contributed by atoms with Crippen LogP contribution in [0.1, 0.15) is 32.7 Å². The predicted molar refractivity (Wildman–Crippen MR) is 153 cm³/mol. The quantitative estimate of drug-likeness (QED) is 0.380. The molecule has 8 heteroatoms. The van der Waals surface area contributed by atoms with Crippen LogP contribution >= 0.6 is 11.6 Å². The van der Waals surface area contributed by atoms with Crippen molar-refractivity contribution in [3.8, 4) is 11.8 Å². The second-order valence-corrected chi connectivity index (χ2v) is 10.0. The van der Waals surface area contributed by atoms with Crippen molar-refractivity contribution in [3.63, 3.8) is 0 Å². The molecule has 0 unspecified atom stereocenters. The second-order valence-electron chi connectivity index (χ2n) is 9.60. The van der Waals surface area contributed by atoms with E-state index in [1.54, 1.807) is 24.5 Å². The summed E-state index contributed by atoms with van der Waals surface area (Å²) >= 11 is 6.20. The van der Waals surface area contributed by atoms with Crippen molar-refractivity contribution in [2.24, 2.45) is 0 Å². The van der Waals surface area contributed by atoms with Gasteiger partial charge in [-0.1, -0.05) is 35.6 Å². The minimum absolute atomic E-state index is 0.222. The zero-order valence-corrected chi connectivity index (χ0v) is 22.2. The summed E-state index contributed by atoms with van der Waals surface area (Å²) in [5, 5.41) is 5.28. The van der Waals surface area contributed by atoms with Crippen molar-refractivity contribution in [2.45, 2.75) is 13.5 Å². The molecule has 0 atom stereocenters. The molecule has 192 valence electrons. The number of nitrogens with zero attached hydrogens (tertiary/aromatic N) is 4. The Morgan fingerprint density at radius 1 is 1.03 bits per heavy atom. The zero-order chi connectivity index (χ0) is 26.6. The molecule has 1 aliphatic rings. The number of pyridine rings is 2. The van der Waals surface area contributed by atoms with Crippen LogP contribution in [-0.4, -0.2) is 58.9 Å². The molecule has 0 spiro atoms. The average molecular weight is 525 g/mol. The van der Waals surface area contributed by atoms with Gasteiger partial charge < -0.3 is 16.0 Å². The number of nitrogen functional groups attached to an aromatic ring is 1. The van der Waals surface area contributed by atoms with E-state index in [0.717, 1.165) is 60.3 Å². The van der Waals surface area contributed by atoms with Gasteiger partial charge in [0.15, 0.2) is 0 Å². The lowest BCUT2D eigenvalue weighted by Gasteiger charge is -2.32. The average Bonchev–Trinajstić information content (AvgIpc) is 2.91. The number of fused-ring (bicyclic) bond motifs is 1. The van der Waals surface area contributed by atoms with Crippen LogP contribution in [-0.2, 0) is 6.54 Å². The number of piperazine rings is 1. The van der Waals surface area contributed by atoms with Crippen LogP contribution in [0.25, 0.3) is 10.8 Å². The Bertz CT molecular complexity index is 1540. The minimum Gasteiger partial charge on any atom is -0.383 e. The molecule has 0 bridgehead atoms. The molecule has 3 heterocycles. The van der Waals surface area contributed by atoms with Gasteiger partial charge in [0.2, 0.25) is 0 Å². The number of carbonyl (C=O) groups excluding carboxylic acids is 1. The maximum absolute atomic E-state index is 13.0. The first-order chi connectivity index (χ1) is 18.4. The third-order valence-electron chi connectivity index (χ3n) is 6.77. The molecule has 0 aliphatic carbocycles. The van der Waals surface area contributed by atoms with Gasteiger partial charge in [-0.15, -0.1) is 0 Å². The molecule has 1 saturated heterocycles. The summed E-state index contributed by atoms with van der Waals surface area (Å²) in [5.41, 5.74) is 10.6. The molecule has 1 aliphatic heterocycles. The Labute approximate surface area is 227 Å². The Hall–Kier alpha value is -3.96. The first-order valence-corrected chi connectivity index (χ1v) is 12.9. The fourth-order valence-electron chi connectivity index (χ4n) is 4.39. The predicted octanol–water partition coefficient (Wildman–Crippen LogP) is 4.57. The van der Waals surface area contributed by atoms with Gasteiger partial charge in [0, 0.05) is 65.8 Å². The molecule has 2 aromatic heterocycles. The normalized spacial score (nSPS) is 14.2. The minimum atomic E-state index is -0.222. The van der Waals surface area contributed by atoms with E-state index in [4.69, 9.17) is 17.3 Å². The van der Waals surface area contributed by atoms with Crippen LogP contribution in [0.5, 0.6) is 0 Å². The topological polar surface area (TPSA) is 87.4 Å². The first kappa shape index (κ1) is 25.7. The van der Waals surface area contributed by atoms with Gasteiger partial charge in [-0.25, -0.2) is 4.98 Å². The molecule has 1 amide bonds. The lowest BCUT2D eigenvalue weighted by atomic mass is 10.0. The van der Waals surface area contributed by atoms with Gasteiger partial charge in [-0.3, -0.25) is 14.7 Å². The number of aromatic nitrogens is 2. The summed E-state index contributed by atoms with van der Waals surface area (Å²) in [4.78, 5) is 26.5. The van der Waals surface area contributed by atoms with Gasteiger partial charge in [-0.05, 0) is 55.9 Å². The number of amides is 1. The van der Waals surface area contributed by atoms with Crippen molar-refractivity contribution < 1.29 is 4.79 Å². The van der Waals surface area contributed by atoms with Crippen molar-refractivity contribution in [2.75, 3.05) is 44.3 Å². The smallest absolute Gasteiger partial charge is 0.255 e. The maximum Gasteiger partial charge on any atom is 0.255 e. The van der Waals surface area contributed by atoms with Crippen LogP contribution in [0.15, 0.2) is 60.9 Å². The van der Waals surface area contributed by atoms with Gasteiger partial charge in [0.25, 0.3) is 5.91 Å². The SMILES string of the molecule is Cc1ccc(C(=O)Nc2ccc(CN3CCN(C)CC3)nc2)cc1C#Cc1c(N)ncc2ccc(Cl)cc12. The fraction of sp³-hybridized carbons (Fsp3) is 0.233. The Morgan fingerprint density at radius 2 is 1.84 bits per heavy atom. The van der Waals surface area contributed by atoms with E-state index in [9.17, 15) is 4.79 Å². The summed E-state index contributed by atoms with van der Waals surface area (Å²) < 4.78 is 0. The lowest BCUT2D eigenvalue weighted by molar-refractivity contribution is 0.102. The molecule has 0 saturated carbocycles. The van der Waals surface area contributed by atoms with Crippen LogP contribution < -0.4 is 11.1 Å². The third-order valence-corrected chi connectivity index (χ3v) is 7.00. The molecular formula is C30H29ClN6O. The molecule has 0 radical (unpaired) electrons. The van der Waals surface area contributed by atoms with Crippen LogP contribution in [0, 0.1) is 18.8 Å². The molecule has 3 N–H and O–H groups in total. The lowest BCUT2D eigenvalue weighted by Crippen LogP contribution is -2.43. The molecule has 4 aromatic rings. The van der Waals surface area contributed by atoms with Crippen LogP contribution in [0.2, 0.25) is 5.02 Å². The number of nitrogens with two attached hydrogens (primary N) is 1. The fourth-order valence-corrected chi connectivity index (χ4v) is 4.56. The van der Waals surface area contributed by atoms with E-state index in [1.165, 1.54) is 0 Å². The number of likely N-dealkylation sites (N-methyl/N-ethyl adjacent to an activating group) is 1. The first-order valence-electron chi connectivity index (χ1n) is 12.5. The molecule has 1 fully saturated rings. The number of benzene rings is 2. The molecule has 7 nitrogen and oxygen atoms in total. The van der Waals surface area contributed by atoms with Gasteiger partial charge in [-0.2, -0.15) is 0 Å². The number of aryl methyl sites for hydroxylation is 1. The van der Waals surface area contributed by atoms with E-state index < -0.39 is 0 Å². The number of nitrogens with one attached hydrogen (secondary N) is 1. The van der Waals surface area contributed by atoms with Gasteiger partial charge in [0.1, 0.15) is 5.82 Å². The van der Waals surface area contributed by atoms with E-state index in [-0.39, 0.29) is 5.91 Å². The number of halogens is 1. The monoisotopic (exact) mass is 524 g/mol. The number of anilines is 2. The summed E-state index contributed by atoms with van der Waals surface area (Å²) in [6.45, 7) is 6.97. The van der Waals surface area contributed by atoms with Crippen LogP contribution in [0.3, 0.4) is 0 Å². The summed E-state index contributed by atoms with van der Waals surface area (Å²) in [5.74, 6) is 6.44. The highest BCUT2D eigenvalue weighted by atomic mass is 35.5. The Morgan fingerprint density at radius 3 is 2.61 bits per heavy atom. The van der Waals surface area contributed by atoms with E-state index in [1.807, 2.05) is 43.3 Å². The molecular weight excluding hydrogens is 496 g/mol. The zero-order valence-electron chi connectivity index (χ0n) is 21.5. The molecule has 2 aromatic carbocycles. The maximum atomic E-state index is 13.0. The Kier molecular flexibility index (Phi) is 7.57. The standard InChI is InChI=1S/C30H29ClN6O/c1-20-3-4-22(15-21(20)6-10-27-28-16-24(31)7-5-23(28)17-34-29(27)32)30(38)35-25-8-9-26(33-18-25)19-37-13-11-36(2)12-14-37/h3-5,7-9,15-18H,11-14,19H2,1-2H3,(H2,32,34)(H,35,38). The highest BCUT2D eigenvalue weighted by molar-refractivity contribution is 6.31. The molecule has 38 heavy (non-hydrogen) atoms. The van der Waals surface area contributed by atoms with Crippen LogP contribution in [0.4, 0.5) is 11.5 Å². The summed E-state index contributed by atoms with van der Waals surface area (Å²) in [6, 6.07) is 14.9. The van der Waals surface area contributed by atoms with E-state index >= 15 is 0 Å². The van der Waals surface area contributed by atoms with E-state index in [2.05, 4.69) is 44.0 Å². The van der Waals surface area contributed by atoms with Crippen molar-refractivity contribution in [1.82, 2.24) is 19.8 Å². The Balaban J connectivity index is 1.31. The van der Waals surface area contributed by atoms with Crippen molar-refractivity contribution in [1.29, 1.82) is 0 Å². The van der Waals surface area contributed by atoms with Gasteiger partial charge >= 0.3 is 0 Å². The number of carbonyl (C=O) groups is 1. The highest BCUT2D eigenvalue weighted by Crippen LogP contribution is 2.25. The third kappa shape index (κ3) is 5.95. The van der Waals surface area contributed by atoms with E-state index in [0.29, 0.717) is 27.7 Å². The highest BCUT2D eigenvalue weighted by Gasteiger charge is 2.15. The number of hydrogen-bond acceptors (Lipinski definition) is 6.